The second-order valence-corrected chi connectivity index (χ2v) is 6.92. The minimum absolute atomic E-state index is 0. The van der Waals surface area contributed by atoms with Gasteiger partial charge in [0.1, 0.15) is 18.1 Å². The van der Waals surface area contributed by atoms with Gasteiger partial charge in [-0.15, -0.1) is 12.4 Å². The molecule has 6 nitrogen and oxygen atoms in total. The fourth-order valence-electron chi connectivity index (χ4n) is 3.30. The number of aliphatic carboxylic acids is 1. The quantitative estimate of drug-likeness (QED) is 0.390. The highest BCUT2D eigenvalue weighted by Crippen LogP contribution is 2.19. The largest absolute Gasteiger partial charge is 0.497 e. The minimum atomic E-state index is -0.853. The molecule has 1 N–H and O–H groups in total. The first-order valence-corrected chi connectivity index (χ1v) is 9.63. The van der Waals surface area contributed by atoms with Crippen LogP contribution < -0.4 is 4.74 Å². The average Bonchev–Trinajstić information content (AvgIpc) is 2.75. The molecular formula is C23H27ClN2O4. The maximum Gasteiger partial charge on any atom is 0.332 e. The van der Waals surface area contributed by atoms with Crippen LogP contribution in [-0.4, -0.2) is 55.0 Å². The molecule has 0 amide bonds. The average molecular weight is 431 g/mol. The Morgan fingerprint density at radius 3 is 2.73 bits per heavy atom. The van der Waals surface area contributed by atoms with Crippen LogP contribution in [0.2, 0.25) is 0 Å². The van der Waals surface area contributed by atoms with Crippen molar-refractivity contribution in [3.05, 3.63) is 76.9 Å². The van der Waals surface area contributed by atoms with Gasteiger partial charge in [0.15, 0.2) is 0 Å². The number of aryl methyl sites for hydroxylation is 1. The lowest BCUT2D eigenvalue weighted by Gasteiger charge is -2.24. The molecule has 0 aliphatic carbocycles. The van der Waals surface area contributed by atoms with Gasteiger partial charge in [-0.05, 0) is 31.0 Å². The van der Waals surface area contributed by atoms with Crippen LogP contribution in [-0.2, 0) is 9.63 Å². The van der Waals surface area contributed by atoms with Crippen molar-refractivity contribution in [2.24, 2.45) is 5.16 Å². The van der Waals surface area contributed by atoms with Crippen LogP contribution in [0.15, 0.2) is 65.3 Å². The van der Waals surface area contributed by atoms with E-state index >= 15 is 0 Å². The molecule has 1 aliphatic rings. The van der Waals surface area contributed by atoms with E-state index in [4.69, 9.17) is 14.7 Å². The van der Waals surface area contributed by atoms with Gasteiger partial charge in [-0.3, -0.25) is 4.90 Å². The van der Waals surface area contributed by atoms with Gasteiger partial charge in [0.05, 0.1) is 7.11 Å². The van der Waals surface area contributed by atoms with E-state index in [9.17, 15) is 4.79 Å². The molecule has 0 unspecified atom stereocenters. The first-order chi connectivity index (χ1) is 14.1. The third-order valence-electron chi connectivity index (χ3n) is 4.90. The molecule has 0 spiro atoms. The molecule has 30 heavy (non-hydrogen) atoms. The summed E-state index contributed by atoms with van der Waals surface area (Å²) < 4.78 is 5.35. The van der Waals surface area contributed by atoms with Crippen molar-refractivity contribution in [1.29, 1.82) is 0 Å². The van der Waals surface area contributed by atoms with Gasteiger partial charge in [0, 0.05) is 36.3 Å². The highest BCUT2D eigenvalue weighted by molar-refractivity contribution is 6.13. The number of halogens is 1. The zero-order valence-corrected chi connectivity index (χ0v) is 18.0. The Labute approximate surface area is 183 Å². The van der Waals surface area contributed by atoms with Crippen LogP contribution in [0.5, 0.6) is 5.75 Å². The summed E-state index contributed by atoms with van der Waals surface area (Å²) in [7, 11) is 1.64. The highest BCUT2D eigenvalue weighted by Gasteiger charge is 2.17. The second kappa shape index (κ2) is 11.4. The maximum absolute atomic E-state index is 11.2. The van der Waals surface area contributed by atoms with Crippen LogP contribution in [0.4, 0.5) is 0 Å². The Morgan fingerprint density at radius 1 is 1.20 bits per heavy atom. The normalized spacial score (nSPS) is 14.5. The minimum Gasteiger partial charge on any atom is -0.497 e. The number of oxime groups is 1. The molecule has 0 saturated carbocycles. The predicted octanol–water partition coefficient (Wildman–Crippen LogP) is 3.91. The number of carboxylic acids is 1. The van der Waals surface area contributed by atoms with E-state index in [1.54, 1.807) is 13.2 Å². The molecular weight excluding hydrogens is 404 g/mol. The molecule has 0 atom stereocenters. The fraction of sp³-hybridized carbons (Fsp3) is 0.304. The summed E-state index contributed by atoms with van der Waals surface area (Å²) in [6.45, 7) is 4.30. The smallest absolute Gasteiger partial charge is 0.332 e. The Morgan fingerprint density at radius 2 is 2.00 bits per heavy atom. The lowest BCUT2D eigenvalue weighted by atomic mass is 9.98. The van der Waals surface area contributed by atoms with Crippen molar-refractivity contribution in [3.8, 4) is 5.75 Å². The van der Waals surface area contributed by atoms with Crippen molar-refractivity contribution in [3.63, 3.8) is 0 Å². The third kappa shape index (κ3) is 6.08. The number of hydrogen-bond donors (Lipinski definition) is 1. The van der Waals surface area contributed by atoms with Crippen molar-refractivity contribution >= 4 is 24.1 Å². The summed E-state index contributed by atoms with van der Waals surface area (Å²) in [6, 6.07) is 15.8. The van der Waals surface area contributed by atoms with Crippen LogP contribution in [0.1, 0.15) is 23.1 Å². The molecule has 0 aromatic heterocycles. The van der Waals surface area contributed by atoms with Gasteiger partial charge in [-0.1, -0.05) is 47.6 Å². The lowest BCUT2D eigenvalue weighted by molar-refractivity contribution is -0.133. The number of nitrogens with zero attached hydrogens (tertiary/aromatic N) is 2. The second-order valence-electron chi connectivity index (χ2n) is 6.92. The van der Waals surface area contributed by atoms with Gasteiger partial charge < -0.3 is 14.7 Å². The third-order valence-corrected chi connectivity index (χ3v) is 4.90. The molecule has 1 heterocycles. The van der Waals surface area contributed by atoms with Crippen molar-refractivity contribution < 1.29 is 19.5 Å². The standard InChI is InChI=1S/C23H26N2O4.ClH/c1-17-7-3-4-11-21(17)22(18-8-5-10-20(15-18)28-2)24-29-14-13-25-12-6-9-19(16-25)23(26)27;/h3-5,7-11,15H,6,12-14,16H2,1-2H3,(H,26,27);1H/b24-22+;. The molecule has 7 heteroatoms. The number of carboxylic acid groups (broad SMARTS) is 1. The van der Waals surface area contributed by atoms with E-state index in [2.05, 4.69) is 10.1 Å². The van der Waals surface area contributed by atoms with E-state index < -0.39 is 5.97 Å². The molecule has 0 fully saturated rings. The zero-order valence-electron chi connectivity index (χ0n) is 17.2. The monoisotopic (exact) mass is 430 g/mol. The van der Waals surface area contributed by atoms with Gasteiger partial charge in [-0.25, -0.2) is 4.79 Å². The van der Waals surface area contributed by atoms with E-state index in [-0.39, 0.29) is 12.4 Å². The van der Waals surface area contributed by atoms with Crippen molar-refractivity contribution in [2.75, 3.05) is 33.4 Å². The molecule has 160 valence electrons. The van der Waals surface area contributed by atoms with Crippen molar-refractivity contribution in [2.45, 2.75) is 13.3 Å². The SMILES string of the molecule is COc1cccc(/C(=N\OCCN2CCC=C(C(=O)O)C2)c2ccccc2C)c1.Cl. The molecule has 0 saturated heterocycles. The van der Waals surface area contributed by atoms with Crippen LogP contribution >= 0.6 is 12.4 Å². The highest BCUT2D eigenvalue weighted by atomic mass is 35.5. The van der Waals surface area contributed by atoms with Crippen LogP contribution in [0.25, 0.3) is 0 Å². The van der Waals surface area contributed by atoms with E-state index in [0.717, 1.165) is 41.1 Å². The van der Waals surface area contributed by atoms with Gasteiger partial charge in [0.25, 0.3) is 0 Å². The summed E-state index contributed by atoms with van der Waals surface area (Å²) >= 11 is 0. The lowest BCUT2D eigenvalue weighted by Crippen LogP contribution is -2.34. The number of benzene rings is 2. The molecule has 1 aliphatic heterocycles. The predicted molar refractivity (Wildman–Crippen MR) is 120 cm³/mol. The molecule has 0 radical (unpaired) electrons. The summed E-state index contributed by atoms with van der Waals surface area (Å²) in [5.74, 6) is -0.0985. The molecule has 2 aromatic rings. The van der Waals surface area contributed by atoms with Gasteiger partial charge in [0.2, 0.25) is 0 Å². The Bertz CT molecular complexity index is 927. The molecule has 2 aromatic carbocycles. The number of ether oxygens (including phenoxy) is 1. The first kappa shape index (κ1) is 23.4. The van der Waals surface area contributed by atoms with E-state index in [0.29, 0.717) is 25.3 Å². The van der Waals surface area contributed by atoms with E-state index in [1.165, 1.54) is 0 Å². The number of methoxy groups -OCH3 is 1. The van der Waals surface area contributed by atoms with Crippen LogP contribution in [0, 0.1) is 6.92 Å². The number of hydrogen-bond acceptors (Lipinski definition) is 5. The maximum atomic E-state index is 11.2. The van der Waals surface area contributed by atoms with Crippen LogP contribution in [0.3, 0.4) is 0 Å². The number of carbonyl (C=O) groups is 1. The molecule has 0 bridgehead atoms. The fourth-order valence-corrected chi connectivity index (χ4v) is 3.30. The first-order valence-electron chi connectivity index (χ1n) is 9.63. The van der Waals surface area contributed by atoms with E-state index in [1.807, 2.05) is 55.5 Å². The van der Waals surface area contributed by atoms with Gasteiger partial charge >= 0.3 is 5.97 Å². The summed E-state index contributed by atoms with van der Waals surface area (Å²) in [5.41, 5.74) is 4.19. The topological polar surface area (TPSA) is 71.4 Å². The number of rotatable bonds is 8. The Hall–Kier alpha value is -2.83. The van der Waals surface area contributed by atoms with Crippen molar-refractivity contribution in [1.82, 2.24) is 4.90 Å². The Balaban J connectivity index is 0.00000320. The van der Waals surface area contributed by atoms with Gasteiger partial charge in [-0.2, -0.15) is 0 Å². The molecule has 3 rings (SSSR count). The summed E-state index contributed by atoms with van der Waals surface area (Å²) in [5, 5.41) is 13.6. The zero-order chi connectivity index (χ0) is 20.6. The summed E-state index contributed by atoms with van der Waals surface area (Å²) in [4.78, 5) is 18.9. The Kier molecular flexibility index (Phi) is 8.89. The summed E-state index contributed by atoms with van der Waals surface area (Å²) in [6.07, 6.45) is 2.53.